The summed E-state index contributed by atoms with van der Waals surface area (Å²) in [7, 11) is 0. The lowest BCUT2D eigenvalue weighted by atomic mass is 10.1. The molecule has 0 amide bonds. The molecule has 0 aliphatic rings. The molecule has 2 N–H and O–H groups in total. The molecule has 158 valence electrons. The van der Waals surface area contributed by atoms with Crippen LogP contribution in [0.15, 0.2) is 52.5 Å². The smallest absolute Gasteiger partial charge is 0.332 e. The minimum absolute atomic E-state index is 0.326. The summed E-state index contributed by atoms with van der Waals surface area (Å²) in [6, 6.07) is 11.6. The van der Waals surface area contributed by atoms with Crippen LogP contribution in [0.3, 0.4) is 0 Å². The van der Waals surface area contributed by atoms with E-state index in [1.807, 2.05) is 41.8 Å². The Kier molecular flexibility index (Phi) is 8.61. The van der Waals surface area contributed by atoms with Gasteiger partial charge in [-0.1, -0.05) is 67.4 Å². The van der Waals surface area contributed by atoms with Gasteiger partial charge in [-0.15, -0.1) is 11.3 Å². The minimum Gasteiger partial charge on any atom is -0.478 e. The molecule has 1 aromatic carbocycles. The number of halogens is 1. The predicted molar refractivity (Wildman–Crippen MR) is 127 cm³/mol. The number of carboxylic acid groups (broad SMARTS) is 1. The average molecular weight is 461 g/mol. The number of carboxylic acids is 1. The number of H-pyrrole nitrogens is 1. The van der Waals surface area contributed by atoms with Crippen LogP contribution in [0.5, 0.6) is 0 Å². The van der Waals surface area contributed by atoms with E-state index >= 15 is 0 Å². The number of aliphatic carboxylic acids is 1. The summed E-state index contributed by atoms with van der Waals surface area (Å²) < 4.78 is 0. The van der Waals surface area contributed by atoms with Crippen molar-refractivity contribution in [3.8, 4) is 0 Å². The molecule has 0 unspecified atom stereocenters. The molecule has 0 fully saturated rings. The van der Waals surface area contributed by atoms with E-state index in [0.29, 0.717) is 29.1 Å². The van der Waals surface area contributed by atoms with Crippen LogP contribution in [-0.4, -0.2) is 26.8 Å². The van der Waals surface area contributed by atoms with E-state index in [0.717, 1.165) is 33.5 Å². The maximum absolute atomic E-state index is 11.9. The molecule has 0 spiro atoms. The van der Waals surface area contributed by atoms with E-state index in [9.17, 15) is 9.90 Å². The van der Waals surface area contributed by atoms with Crippen molar-refractivity contribution in [2.24, 2.45) is 0 Å². The first-order chi connectivity index (χ1) is 14.6. The number of hydrogen-bond donors (Lipinski definition) is 2. The van der Waals surface area contributed by atoms with E-state index in [-0.39, 0.29) is 0 Å². The monoisotopic (exact) mass is 460 g/mol. The number of aromatic amines is 1. The summed E-state index contributed by atoms with van der Waals surface area (Å²) >= 11 is 9.59. The first-order valence-corrected chi connectivity index (χ1v) is 12.2. The fraction of sp³-hybridized carbons (Fsp3) is 0.304. The van der Waals surface area contributed by atoms with Gasteiger partial charge in [-0.2, -0.15) is 0 Å². The van der Waals surface area contributed by atoms with Crippen molar-refractivity contribution in [3.63, 3.8) is 0 Å². The van der Waals surface area contributed by atoms with Crippen LogP contribution in [0.2, 0.25) is 5.02 Å². The summed E-state index contributed by atoms with van der Waals surface area (Å²) in [6.45, 7) is 2.18. The van der Waals surface area contributed by atoms with Gasteiger partial charge in [0.25, 0.3) is 0 Å². The SMILES string of the molecule is CCCCCSc1nc(/C=C(\Cc2cccs2)C(=O)O)c(Cc2ccccc2Cl)[nH]1. The molecule has 0 aliphatic heterocycles. The molecular weight excluding hydrogens is 436 g/mol. The van der Waals surface area contributed by atoms with E-state index in [4.69, 9.17) is 16.6 Å². The minimum atomic E-state index is -0.924. The van der Waals surface area contributed by atoms with Crippen LogP contribution < -0.4 is 0 Å². The molecule has 0 atom stereocenters. The topological polar surface area (TPSA) is 66.0 Å². The number of unbranched alkanes of at least 4 members (excludes halogenated alkanes) is 2. The molecule has 0 radical (unpaired) electrons. The highest BCUT2D eigenvalue weighted by Crippen LogP contribution is 2.26. The van der Waals surface area contributed by atoms with Crippen molar-refractivity contribution in [1.82, 2.24) is 9.97 Å². The molecule has 2 aromatic heterocycles. The van der Waals surface area contributed by atoms with Crippen molar-refractivity contribution in [2.75, 3.05) is 5.75 Å². The zero-order valence-electron chi connectivity index (χ0n) is 16.9. The van der Waals surface area contributed by atoms with Crippen molar-refractivity contribution in [2.45, 2.75) is 44.2 Å². The molecular formula is C23H25ClN2O2S2. The summed E-state index contributed by atoms with van der Waals surface area (Å²) in [4.78, 5) is 21.0. The van der Waals surface area contributed by atoms with Gasteiger partial charge in [0.1, 0.15) is 0 Å². The summed E-state index contributed by atoms with van der Waals surface area (Å²) in [5.74, 6) is 0.0593. The third-order valence-corrected chi connectivity index (χ3v) is 6.84. The van der Waals surface area contributed by atoms with E-state index < -0.39 is 5.97 Å². The molecule has 2 heterocycles. The van der Waals surface area contributed by atoms with Crippen molar-refractivity contribution >= 4 is 46.7 Å². The number of hydrogen-bond acceptors (Lipinski definition) is 4. The maximum Gasteiger partial charge on any atom is 0.332 e. The first kappa shape index (κ1) is 22.7. The van der Waals surface area contributed by atoms with Gasteiger partial charge in [0.05, 0.1) is 5.69 Å². The van der Waals surface area contributed by atoms with E-state index in [1.54, 1.807) is 29.2 Å². The zero-order valence-corrected chi connectivity index (χ0v) is 19.2. The number of rotatable bonds is 11. The normalized spacial score (nSPS) is 11.7. The largest absolute Gasteiger partial charge is 0.478 e. The lowest BCUT2D eigenvalue weighted by Gasteiger charge is -2.04. The predicted octanol–water partition coefficient (Wildman–Crippen LogP) is 6.71. The Morgan fingerprint density at radius 2 is 2.10 bits per heavy atom. The highest BCUT2D eigenvalue weighted by Gasteiger charge is 2.15. The fourth-order valence-corrected chi connectivity index (χ4v) is 4.86. The van der Waals surface area contributed by atoms with E-state index in [1.165, 1.54) is 12.8 Å². The highest BCUT2D eigenvalue weighted by molar-refractivity contribution is 7.99. The molecule has 0 saturated carbocycles. The summed E-state index contributed by atoms with van der Waals surface area (Å²) in [5, 5.41) is 13.2. The van der Waals surface area contributed by atoms with Crippen LogP contribution in [0, 0.1) is 0 Å². The molecule has 7 heteroatoms. The Balaban J connectivity index is 1.89. The number of thioether (sulfide) groups is 1. The Morgan fingerprint density at radius 1 is 1.27 bits per heavy atom. The number of nitrogens with one attached hydrogen (secondary N) is 1. The second kappa shape index (κ2) is 11.4. The van der Waals surface area contributed by atoms with Gasteiger partial charge in [0.15, 0.2) is 5.16 Å². The quantitative estimate of drug-likeness (QED) is 0.189. The molecule has 0 saturated heterocycles. The van der Waals surface area contributed by atoms with Crippen molar-refractivity contribution in [3.05, 3.63) is 74.2 Å². The summed E-state index contributed by atoms with van der Waals surface area (Å²) in [5.41, 5.74) is 2.86. The van der Waals surface area contributed by atoms with Gasteiger partial charge in [0, 0.05) is 39.8 Å². The van der Waals surface area contributed by atoms with Gasteiger partial charge >= 0.3 is 5.97 Å². The Morgan fingerprint density at radius 3 is 2.80 bits per heavy atom. The second-order valence-electron chi connectivity index (χ2n) is 6.96. The van der Waals surface area contributed by atoms with Crippen LogP contribution in [0.4, 0.5) is 0 Å². The molecule has 3 rings (SSSR count). The number of thiophene rings is 1. The maximum atomic E-state index is 11.9. The number of aromatic nitrogens is 2. The van der Waals surface area contributed by atoms with Gasteiger partial charge in [-0.3, -0.25) is 0 Å². The third kappa shape index (κ3) is 6.49. The van der Waals surface area contributed by atoms with Crippen LogP contribution in [0.25, 0.3) is 6.08 Å². The average Bonchev–Trinajstić information content (AvgIpc) is 3.37. The number of benzene rings is 1. The van der Waals surface area contributed by atoms with Crippen LogP contribution in [-0.2, 0) is 17.6 Å². The number of carbonyl (C=O) groups is 1. The first-order valence-electron chi connectivity index (χ1n) is 9.98. The fourth-order valence-electron chi connectivity index (χ4n) is 3.03. The molecule has 4 nitrogen and oxygen atoms in total. The second-order valence-corrected chi connectivity index (χ2v) is 9.48. The van der Waals surface area contributed by atoms with Gasteiger partial charge in [0.2, 0.25) is 0 Å². The van der Waals surface area contributed by atoms with Crippen LogP contribution >= 0.6 is 34.7 Å². The molecule has 0 aliphatic carbocycles. The Hall–Kier alpha value is -2.02. The van der Waals surface area contributed by atoms with Gasteiger partial charge < -0.3 is 10.1 Å². The zero-order chi connectivity index (χ0) is 21.3. The lowest BCUT2D eigenvalue weighted by molar-refractivity contribution is -0.132. The Labute approximate surface area is 190 Å². The standard InChI is InChI=1S/C23H25ClN2O2S2/c1-2-3-6-11-30-23-25-20(14-16-8-4-5-10-19(16)24)21(26-23)15-17(22(27)28)13-18-9-7-12-29-18/h4-5,7-10,12,15H,2-3,6,11,13-14H2,1H3,(H,25,26)(H,27,28)/b17-15+. The third-order valence-electron chi connectivity index (χ3n) is 4.63. The summed E-state index contributed by atoms with van der Waals surface area (Å²) in [6.07, 6.45) is 6.14. The molecule has 0 bridgehead atoms. The van der Waals surface area contributed by atoms with Gasteiger partial charge in [-0.25, -0.2) is 9.78 Å². The Bertz CT molecular complexity index is 997. The highest BCUT2D eigenvalue weighted by atomic mass is 35.5. The van der Waals surface area contributed by atoms with Crippen molar-refractivity contribution in [1.29, 1.82) is 0 Å². The molecule has 3 aromatic rings. The number of imidazole rings is 1. The van der Waals surface area contributed by atoms with Crippen molar-refractivity contribution < 1.29 is 9.90 Å². The number of nitrogens with zero attached hydrogens (tertiary/aromatic N) is 1. The van der Waals surface area contributed by atoms with Crippen LogP contribution in [0.1, 0.15) is 48.0 Å². The lowest BCUT2D eigenvalue weighted by Crippen LogP contribution is -2.04. The van der Waals surface area contributed by atoms with E-state index in [2.05, 4.69) is 11.9 Å². The van der Waals surface area contributed by atoms with Gasteiger partial charge in [-0.05, 0) is 35.6 Å². The molecule has 30 heavy (non-hydrogen) atoms.